The molecular weight excluding hydrogens is 238 g/mol. The highest BCUT2D eigenvalue weighted by molar-refractivity contribution is 5.94. The highest BCUT2D eigenvalue weighted by Gasteiger charge is 2.06. The molecule has 98 valence electrons. The van der Waals surface area contributed by atoms with Gasteiger partial charge in [-0.2, -0.15) is 0 Å². The van der Waals surface area contributed by atoms with Crippen LogP contribution in [0, 0.1) is 0 Å². The number of nitrogens with two attached hydrogens (primary N) is 1. The van der Waals surface area contributed by atoms with Crippen molar-refractivity contribution >= 4 is 5.91 Å². The summed E-state index contributed by atoms with van der Waals surface area (Å²) in [5.41, 5.74) is 7.92. The minimum absolute atomic E-state index is 0.409. The van der Waals surface area contributed by atoms with Crippen molar-refractivity contribution in [2.45, 2.75) is 13.0 Å². The predicted molar refractivity (Wildman–Crippen MR) is 74.8 cm³/mol. The molecule has 0 aliphatic rings. The molecule has 0 saturated carbocycles. The molecule has 2 rings (SSSR count). The maximum atomic E-state index is 11.2. The van der Waals surface area contributed by atoms with Crippen molar-refractivity contribution in [2.75, 3.05) is 6.61 Å². The molecule has 3 nitrogen and oxygen atoms in total. The fraction of sp³-hybridized carbons (Fsp3) is 0.188. The van der Waals surface area contributed by atoms with Crippen molar-refractivity contribution in [3.8, 4) is 0 Å². The number of carbonyl (C=O) groups excluding carboxylic acids is 1. The summed E-state index contributed by atoms with van der Waals surface area (Å²) in [6, 6.07) is 17.4. The van der Waals surface area contributed by atoms with Crippen molar-refractivity contribution < 1.29 is 9.53 Å². The molecule has 0 saturated heterocycles. The predicted octanol–water partition coefficient (Wildman–Crippen LogP) is 2.54. The van der Waals surface area contributed by atoms with Crippen LogP contribution in [-0.4, -0.2) is 12.5 Å². The highest BCUT2D eigenvalue weighted by Crippen LogP contribution is 2.10. The van der Waals surface area contributed by atoms with Crippen LogP contribution in [0.15, 0.2) is 54.6 Å². The number of hydrogen-bond acceptors (Lipinski definition) is 2. The summed E-state index contributed by atoms with van der Waals surface area (Å²) in [6.45, 7) is 1.03. The van der Waals surface area contributed by atoms with Crippen LogP contribution in [0.2, 0.25) is 0 Å². The van der Waals surface area contributed by atoms with Gasteiger partial charge in [0.15, 0.2) is 0 Å². The first-order valence-electron chi connectivity index (χ1n) is 6.27. The zero-order valence-corrected chi connectivity index (χ0v) is 10.7. The van der Waals surface area contributed by atoms with Gasteiger partial charge >= 0.3 is 0 Å². The average molecular weight is 255 g/mol. The fourth-order valence-corrected chi connectivity index (χ4v) is 1.90. The molecule has 2 N–H and O–H groups in total. The lowest BCUT2D eigenvalue weighted by Crippen LogP contribution is -2.14. The number of ether oxygens (including phenoxy) is 1. The van der Waals surface area contributed by atoms with Gasteiger partial charge < -0.3 is 10.5 Å². The summed E-state index contributed by atoms with van der Waals surface area (Å²) in [5, 5.41) is 0. The lowest BCUT2D eigenvalue weighted by atomic mass is 10.1. The number of rotatable bonds is 6. The number of carbonyl (C=O) groups is 1. The van der Waals surface area contributed by atoms with Gasteiger partial charge in [-0.25, -0.2) is 0 Å². The summed E-state index contributed by atoms with van der Waals surface area (Å²) in [4.78, 5) is 11.2. The van der Waals surface area contributed by atoms with Gasteiger partial charge in [-0.15, -0.1) is 0 Å². The first-order chi connectivity index (χ1) is 9.27. The largest absolute Gasteiger partial charge is 0.376 e. The molecule has 0 bridgehead atoms. The maximum absolute atomic E-state index is 11.2. The van der Waals surface area contributed by atoms with Crippen molar-refractivity contribution in [3.05, 3.63) is 71.3 Å². The Bertz CT molecular complexity index is 537. The van der Waals surface area contributed by atoms with Crippen LogP contribution in [0.5, 0.6) is 0 Å². The average Bonchev–Trinajstić information content (AvgIpc) is 2.45. The SMILES string of the molecule is NC(=O)c1ccccc1COCCc1ccccc1. The minimum atomic E-state index is -0.415. The van der Waals surface area contributed by atoms with E-state index in [0.29, 0.717) is 18.8 Å². The molecule has 0 aliphatic carbocycles. The monoisotopic (exact) mass is 255 g/mol. The van der Waals surface area contributed by atoms with E-state index < -0.39 is 5.91 Å². The first-order valence-corrected chi connectivity index (χ1v) is 6.27. The molecule has 1 amide bonds. The molecule has 0 atom stereocenters. The van der Waals surface area contributed by atoms with Crippen LogP contribution < -0.4 is 5.73 Å². The quantitative estimate of drug-likeness (QED) is 0.806. The van der Waals surface area contributed by atoms with Gasteiger partial charge in [0.1, 0.15) is 0 Å². The second-order valence-electron chi connectivity index (χ2n) is 4.31. The second-order valence-corrected chi connectivity index (χ2v) is 4.31. The third-order valence-electron chi connectivity index (χ3n) is 2.92. The molecular formula is C16H17NO2. The molecule has 0 radical (unpaired) electrons. The molecule has 2 aromatic carbocycles. The molecule has 0 unspecified atom stereocenters. The summed E-state index contributed by atoms with van der Waals surface area (Å²) in [7, 11) is 0. The lowest BCUT2D eigenvalue weighted by molar-refractivity contribution is 0.0985. The van der Waals surface area contributed by atoms with E-state index in [9.17, 15) is 4.79 Å². The topological polar surface area (TPSA) is 52.3 Å². The Kier molecular flexibility index (Phi) is 4.70. The van der Waals surface area contributed by atoms with Gasteiger partial charge in [-0.3, -0.25) is 4.79 Å². The van der Waals surface area contributed by atoms with Crippen LogP contribution >= 0.6 is 0 Å². The van der Waals surface area contributed by atoms with Crippen molar-refractivity contribution in [3.63, 3.8) is 0 Å². The van der Waals surface area contributed by atoms with Crippen LogP contribution in [0.25, 0.3) is 0 Å². The number of primary amides is 1. The van der Waals surface area contributed by atoms with E-state index in [2.05, 4.69) is 12.1 Å². The van der Waals surface area contributed by atoms with Crippen LogP contribution in [0.4, 0.5) is 0 Å². The number of benzene rings is 2. The van der Waals surface area contributed by atoms with E-state index in [1.54, 1.807) is 12.1 Å². The van der Waals surface area contributed by atoms with Gasteiger partial charge in [0.05, 0.1) is 13.2 Å². The van der Waals surface area contributed by atoms with Crippen molar-refractivity contribution in [2.24, 2.45) is 5.73 Å². The summed E-state index contributed by atoms with van der Waals surface area (Å²) in [6.07, 6.45) is 0.861. The van der Waals surface area contributed by atoms with E-state index in [1.165, 1.54) is 5.56 Å². The van der Waals surface area contributed by atoms with E-state index >= 15 is 0 Å². The molecule has 0 fully saturated rings. The van der Waals surface area contributed by atoms with Crippen LogP contribution in [0.1, 0.15) is 21.5 Å². The smallest absolute Gasteiger partial charge is 0.249 e. The van der Waals surface area contributed by atoms with Gasteiger partial charge in [-0.1, -0.05) is 48.5 Å². The van der Waals surface area contributed by atoms with Gasteiger partial charge in [0.2, 0.25) is 5.91 Å². The molecule has 0 aromatic heterocycles. The van der Waals surface area contributed by atoms with Crippen LogP contribution in [0.3, 0.4) is 0 Å². The van der Waals surface area contributed by atoms with Crippen LogP contribution in [-0.2, 0) is 17.8 Å². The highest BCUT2D eigenvalue weighted by atomic mass is 16.5. The molecule has 0 spiro atoms. The van der Waals surface area contributed by atoms with E-state index in [4.69, 9.17) is 10.5 Å². The number of amides is 1. The molecule has 0 heterocycles. The zero-order chi connectivity index (χ0) is 13.5. The third-order valence-corrected chi connectivity index (χ3v) is 2.92. The Morgan fingerprint density at radius 1 is 1.00 bits per heavy atom. The van der Waals surface area contributed by atoms with Gasteiger partial charge in [0.25, 0.3) is 0 Å². The Hall–Kier alpha value is -2.13. The van der Waals surface area contributed by atoms with E-state index in [0.717, 1.165) is 12.0 Å². The lowest BCUT2D eigenvalue weighted by Gasteiger charge is -2.07. The Morgan fingerprint density at radius 3 is 2.42 bits per heavy atom. The van der Waals surface area contributed by atoms with E-state index in [1.807, 2.05) is 30.3 Å². The second kappa shape index (κ2) is 6.71. The summed E-state index contributed by atoms with van der Waals surface area (Å²) in [5.74, 6) is -0.415. The minimum Gasteiger partial charge on any atom is -0.376 e. The standard InChI is InChI=1S/C16H17NO2/c17-16(18)15-9-5-4-8-14(15)12-19-11-10-13-6-2-1-3-7-13/h1-9H,10-12H2,(H2,17,18). The fourth-order valence-electron chi connectivity index (χ4n) is 1.90. The van der Waals surface area contributed by atoms with E-state index in [-0.39, 0.29) is 0 Å². The molecule has 2 aromatic rings. The molecule has 0 aliphatic heterocycles. The maximum Gasteiger partial charge on any atom is 0.249 e. The zero-order valence-electron chi connectivity index (χ0n) is 10.7. The van der Waals surface area contributed by atoms with Gasteiger partial charge in [-0.05, 0) is 23.6 Å². The Labute approximate surface area is 113 Å². The third kappa shape index (κ3) is 3.93. The number of hydrogen-bond donors (Lipinski definition) is 1. The molecule has 19 heavy (non-hydrogen) atoms. The normalized spacial score (nSPS) is 10.3. The Balaban J connectivity index is 1.85. The summed E-state index contributed by atoms with van der Waals surface area (Å²) < 4.78 is 5.61. The Morgan fingerprint density at radius 2 is 1.68 bits per heavy atom. The summed E-state index contributed by atoms with van der Waals surface area (Å²) >= 11 is 0. The van der Waals surface area contributed by atoms with Crippen molar-refractivity contribution in [1.82, 2.24) is 0 Å². The van der Waals surface area contributed by atoms with Crippen molar-refractivity contribution in [1.29, 1.82) is 0 Å². The van der Waals surface area contributed by atoms with Gasteiger partial charge in [0, 0.05) is 5.56 Å². The first kappa shape index (κ1) is 13.3. The molecule has 3 heteroatoms.